The van der Waals surface area contributed by atoms with Gasteiger partial charge in [0.2, 0.25) is 0 Å². The second-order valence-corrected chi connectivity index (χ2v) is 2.42. The van der Waals surface area contributed by atoms with E-state index in [4.69, 9.17) is 5.73 Å². The van der Waals surface area contributed by atoms with E-state index in [2.05, 4.69) is 3.21 Å². The van der Waals surface area contributed by atoms with Crippen LogP contribution in [0.15, 0.2) is 14.7 Å². The Kier molecular flexibility index (Phi) is 5.62. The van der Waals surface area contributed by atoms with Crippen molar-refractivity contribution in [1.29, 1.82) is 0 Å². The van der Waals surface area contributed by atoms with Gasteiger partial charge < -0.3 is 5.73 Å². The molecule has 0 aromatic carbocycles. The number of halogens is 1. The zero-order valence-corrected chi connectivity index (χ0v) is 7.44. The van der Waals surface area contributed by atoms with Crippen LogP contribution in [0.5, 0.6) is 0 Å². The minimum atomic E-state index is 0.587. The number of thioether (sulfide) groups is 1. The van der Waals surface area contributed by atoms with Gasteiger partial charge in [0.05, 0.1) is 22.9 Å². The molecule has 8 heavy (non-hydrogen) atoms. The maximum atomic E-state index is 5.31. The lowest BCUT2D eigenvalue weighted by Gasteiger charge is -1.86. The largest absolute Gasteiger partial charge is 0.378 e. The molecule has 0 heterocycles. The van der Waals surface area contributed by atoms with Gasteiger partial charge >= 0.3 is 0 Å². The van der Waals surface area contributed by atoms with Crippen LogP contribution < -0.4 is 5.73 Å². The lowest BCUT2D eigenvalue weighted by Crippen LogP contribution is -2.02. The normalized spacial score (nSPS) is 13.0. The van der Waals surface area contributed by atoms with E-state index < -0.39 is 0 Å². The van der Waals surface area contributed by atoms with Crippen LogP contribution in [0.25, 0.3) is 0 Å². The van der Waals surface area contributed by atoms with Crippen LogP contribution in [-0.2, 0) is 0 Å². The van der Waals surface area contributed by atoms with E-state index in [1.807, 2.05) is 41.3 Å². The molecule has 0 aliphatic rings. The Bertz CT molecular complexity index is 111. The molecule has 2 nitrogen and oxygen atoms in total. The van der Waals surface area contributed by atoms with Gasteiger partial charge in [-0.1, -0.05) is 17.8 Å². The summed E-state index contributed by atoms with van der Waals surface area (Å²) in [6.45, 7) is 1.94. The standard InChI is InChI=1S/C4H7IN2S/c1-2-3-8-4(6)7-5/h2-3H,1H3,(H2,6,7)/b3-2+. The van der Waals surface area contributed by atoms with E-state index >= 15 is 0 Å². The van der Waals surface area contributed by atoms with Crippen LogP contribution in [0.2, 0.25) is 0 Å². The average molecular weight is 242 g/mol. The first-order valence-electron chi connectivity index (χ1n) is 2.03. The highest BCUT2D eigenvalue weighted by atomic mass is 127. The summed E-state index contributed by atoms with van der Waals surface area (Å²) in [5, 5.41) is 2.47. The third-order valence-corrected chi connectivity index (χ3v) is 2.00. The quantitative estimate of drug-likeness (QED) is 0.433. The third kappa shape index (κ3) is 4.45. The molecule has 0 aromatic rings. The van der Waals surface area contributed by atoms with E-state index in [1.54, 1.807) is 0 Å². The molecule has 0 aromatic heterocycles. The molecule has 2 N–H and O–H groups in total. The first-order valence-corrected chi connectivity index (χ1v) is 3.88. The fourth-order valence-corrected chi connectivity index (χ4v) is 0.814. The second kappa shape index (κ2) is 5.43. The van der Waals surface area contributed by atoms with E-state index in [0.717, 1.165) is 0 Å². The first-order chi connectivity index (χ1) is 3.81. The second-order valence-electron chi connectivity index (χ2n) is 1.01. The highest BCUT2D eigenvalue weighted by Crippen LogP contribution is 2.02. The molecule has 0 atom stereocenters. The van der Waals surface area contributed by atoms with Crippen molar-refractivity contribution in [3.05, 3.63) is 11.5 Å². The minimum Gasteiger partial charge on any atom is -0.378 e. The number of amidine groups is 1. The number of rotatable bonds is 1. The summed E-state index contributed by atoms with van der Waals surface area (Å²) >= 11 is 3.28. The van der Waals surface area contributed by atoms with E-state index in [1.165, 1.54) is 11.8 Å². The molecule has 0 aliphatic heterocycles. The van der Waals surface area contributed by atoms with Gasteiger partial charge in [0.25, 0.3) is 0 Å². The number of nitrogens with zero attached hydrogens (tertiary/aromatic N) is 1. The highest BCUT2D eigenvalue weighted by molar-refractivity contribution is 14.1. The smallest absolute Gasteiger partial charge is 0.168 e. The van der Waals surface area contributed by atoms with Crippen LogP contribution in [-0.4, -0.2) is 5.17 Å². The third-order valence-electron chi connectivity index (χ3n) is 0.408. The summed E-state index contributed by atoms with van der Waals surface area (Å²) < 4.78 is 3.70. The van der Waals surface area contributed by atoms with Crippen molar-refractivity contribution in [2.45, 2.75) is 6.92 Å². The molecule has 0 saturated carbocycles. The maximum Gasteiger partial charge on any atom is 0.168 e. The van der Waals surface area contributed by atoms with Crippen molar-refractivity contribution in [2.24, 2.45) is 8.94 Å². The maximum absolute atomic E-state index is 5.31. The van der Waals surface area contributed by atoms with Crippen molar-refractivity contribution in [1.82, 2.24) is 0 Å². The molecule has 46 valence electrons. The first kappa shape index (κ1) is 8.29. The minimum absolute atomic E-state index is 0.587. The predicted octanol–water partition coefficient (Wildman–Crippen LogP) is 1.92. The Labute approximate surface area is 67.1 Å². The zero-order chi connectivity index (χ0) is 6.41. The SMILES string of the molecule is C/C=C/SC(N)=NI. The van der Waals surface area contributed by atoms with Gasteiger partial charge in [0.15, 0.2) is 5.17 Å². The molecule has 0 spiro atoms. The Balaban J connectivity index is 3.40. The monoisotopic (exact) mass is 242 g/mol. The van der Waals surface area contributed by atoms with Gasteiger partial charge in [0.1, 0.15) is 0 Å². The number of hydrogen-bond acceptors (Lipinski definition) is 2. The van der Waals surface area contributed by atoms with E-state index in [-0.39, 0.29) is 0 Å². The van der Waals surface area contributed by atoms with Gasteiger partial charge in [0, 0.05) is 0 Å². The van der Waals surface area contributed by atoms with Crippen LogP contribution >= 0.6 is 34.6 Å². The van der Waals surface area contributed by atoms with Crippen LogP contribution in [0.3, 0.4) is 0 Å². The Morgan fingerprint density at radius 3 is 2.88 bits per heavy atom. The molecule has 0 fully saturated rings. The fraction of sp³-hybridized carbons (Fsp3) is 0.250. The molecule has 0 aliphatic carbocycles. The molecule has 0 radical (unpaired) electrons. The topological polar surface area (TPSA) is 38.4 Å². The summed E-state index contributed by atoms with van der Waals surface area (Å²) in [4.78, 5) is 0. The van der Waals surface area contributed by atoms with Gasteiger partial charge in [-0.15, -0.1) is 0 Å². The molecule has 0 unspecified atom stereocenters. The predicted molar refractivity (Wildman–Crippen MR) is 48.0 cm³/mol. The highest BCUT2D eigenvalue weighted by Gasteiger charge is 1.82. The van der Waals surface area contributed by atoms with Crippen LogP contribution in [0.1, 0.15) is 6.92 Å². The summed E-state index contributed by atoms with van der Waals surface area (Å²) in [7, 11) is 0. The Morgan fingerprint density at radius 1 is 1.88 bits per heavy atom. The fourth-order valence-electron chi connectivity index (χ4n) is 0.158. The van der Waals surface area contributed by atoms with E-state index in [9.17, 15) is 0 Å². The van der Waals surface area contributed by atoms with Gasteiger partial charge in [-0.25, -0.2) is 0 Å². The summed E-state index contributed by atoms with van der Waals surface area (Å²) in [6.07, 6.45) is 1.92. The molecule has 0 amide bonds. The Morgan fingerprint density at radius 2 is 2.50 bits per heavy atom. The van der Waals surface area contributed by atoms with Crippen LogP contribution in [0, 0.1) is 0 Å². The van der Waals surface area contributed by atoms with Gasteiger partial charge in [-0.2, -0.15) is 3.21 Å². The van der Waals surface area contributed by atoms with Crippen molar-refractivity contribution < 1.29 is 0 Å². The van der Waals surface area contributed by atoms with Crippen molar-refractivity contribution in [2.75, 3.05) is 0 Å². The molecular weight excluding hydrogens is 235 g/mol. The number of nitrogens with two attached hydrogens (primary N) is 1. The summed E-state index contributed by atoms with van der Waals surface area (Å²) in [6, 6.07) is 0. The lowest BCUT2D eigenvalue weighted by atomic mass is 10.8. The molecule has 0 saturated heterocycles. The van der Waals surface area contributed by atoms with Crippen molar-refractivity contribution in [3.8, 4) is 0 Å². The van der Waals surface area contributed by atoms with Gasteiger partial charge in [-0.05, 0) is 12.3 Å². The number of allylic oxidation sites excluding steroid dienone is 1. The van der Waals surface area contributed by atoms with Gasteiger partial charge in [-0.3, -0.25) is 0 Å². The average Bonchev–Trinajstić information content (AvgIpc) is 1.83. The molecular formula is C4H7IN2S. The summed E-state index contributed by atoms with van der Waals surface area (Å²) in [5.74, 6) is 0. The van der Waals surface area contributed by atoms with Crippen LogP contribution in [0.4, 0.5) is 0 Å². The lowest BCUT2D eigenvalue weighted by molar-refractivity contribution is 1.77. The molecule has 0 bridgehead atoms. The molecule has 4 heteroatoms. The molecule has 0 rings (SSSR count). The Hall–Kier alpha value is 0.290. The van der Waals surface area contributed by atoms with E-state index in [0.29, 0.717) is 5.17 Å². The zero-order valence-electron chi connectivity index (χ0n) is 4.47. The van der Waals surface area contributed by atoms with Crippen molar-refractivity contribution in [3.63, 3.8) is 0 Å². The summed E-state index contributed by atoms with van der Waals surface area (Å²) in [5.41, 5.74) is 5.31. The van der Waals surface area contributed by atoms with Crippen molar-refractivity contribution >= 4 is 39.8 Å². The number of hydrogen-bond donors (Lipinski definition) is 1.